The monoisotopic (exact) mass is 130 g/mol. The molecule has 0 spiro atoms. The second-order valence-corrected chi connectivity index (χ2v) is 1.80. The van der Waals surface area contributed by atoms with Crippen molar-refractivity contribution >= 4 is 6.21 Å². The predicted molar refractivity (Wildman–Crippen MR) is 38.7 cm³/mol. The fourth-order valence-corrected chi connectivity index (χ4v) is 0.367. The Morgan fingerprint density at radius 3 is 2.67 bits per heavy atom. The van der Waals surface area contributed by atoms with Crippen LogP contribution in [0.2, 0.25) is 0 Å². The molecule has 0 unspecified atom stereocenters. The molecular formula is C6H14N2O. The summed E-state index contributed by atoms with van der Waals surface area (Å²) in [5.41, 5.74) is 0. The van der Waals surface area contributed by atoms with Gasteiger partial charge in [-0.05, 0) is 6.92 Å². The van der Waals surface area contributed by atoms with Crippen LogP contribution in [0.25, 0.3) is 0 Å². The second kappa shape index (κ2) is 5.56. The van der Waals surface area contributed by atoms with Crippen molar-refractivity contribution in [2.45, 2.75) is 6.92 Å². The Bertz CT molecular complexity index is 81.1. The molecule has 9 heavy (non-hydrogen) atoms. The van der Waals surface area contributed by atoms with Crippen molar-refractivity contribution in [2.75, 3.05) is 27.3 Å². The van der Waals surface area contributed by atoms with Crippen LogP contribution < -0.4 is 0 Å². The first-order valence-electron chi connectivity index (χ1n) is 3.05. The van der Waals surface area contributed by atoms with E-state index in [0.29, 0.717) is 6.61 Å². The molecule has 0 aromatic heterocycles. The summed E-state index contributed by atoms with van der Waals surface area (Å²) in [6, 6.07) is 0. The molecule has 0 aliphatic carbocycles. The standard InChI is InChI=1S/C6H14N2O/c1-4-9-6-5-7-8(2)3/h5H,4,6H2,1-3H3. The molecule has 0 fully saturated rings. The van der Waals surface area contributed by atoms with Gasteiger partial charge in [-0.3, -0.25) is 0 Å². The summed E-state index contributed by atoms with van der Waals surface area (Å²) in [6.45, 7) is 3.32. The zero-order chi connectivity index (χ0) is 7.11. The third-order valence-corrected chi connectivity index (χ3v) is 0.709. The van der Waals surface area contributed by atoms with Gasteiger partial charge in [0.05, 0.1) is 12.8 Å². The summed E-state index contributed by atoms with van der Waals surface area (Å²) in [4.78, 5) is 0. The van der Waals surface area contributed by atoms with E-state index in [-0.39, 0.29) is 0 Å². The van der Waals surface area contributed by atoms with Crippen molar-refractivity contribution < 1.29 is 4.74 Å². The first-order valence-corrected chi connectivity index (χ1v) is 3.05. The number of hydrogen-bond donors (Lipinski definition) is 0. The van der Waals surface area contributed by atoms with Crippen LogP contribution in [0.5, 0.6) is 0 Å². The highest BCUT2D eigenvalue weighted by molar-refractivity contribution is 5.57. The van der Waals surface area contributed by atoms with Crippen molar-refractivity contribution in [3.63, 3.8) is 0 Å². The van der Waals surface area contributed by atoms with Crippen LogP contribution in [-0.4, -0.2) is 38.5 Å². The van der Waals surface area contributed by atoms with Crippen LogP contribution in [0, 0.1) is 0 Å². The van der Waals surface area contributed by atoms with Gasteiger partial charge in [-0.2, -0.15) is 5.10 Å². The van der Waals surface area contributed by atoms with Crippen LogP contribution in [-0.2, 0) is 4.74 Å². The Kier molecular flexibility index (Phi) is 5.21. The van der Waals surface area contributed by atoms with E-state index >= 15 is 0 Å². The average Bonchev–Trinajstić information content (AvgIpc) is 1.80. The number of nitrogens with zero attached hydrogens (tertiary/aromatic N) is 2. The molecule has 0 amide bonds. The molecule has 0 rings (SSSR count). The van der Waals surface area contributed by atoms with E-state index in [1.165, 1.54) is 0 Å². The largest absolute Gasteiger partial charge is 0.376 e. The fraction of sp³-hybridized carbons (Fsp3) is 0.833. The number of hydrazone groups is 1. The van der Waals surface area contributed by atoms with E-state index in [9.17, 15) is 0 Å². The van der Waals surface area contributed by atoms with Crippen LogP contribution in [0.4, 0.5) is 0 Å². The highest BCUT2D eigenvalue weighted by atomic mass is 16.5. The van der Waals surface area contributed by atoms with Crippen molar-refractivity contribution in [3.8, 4) is 0 Å². The third-order valence-electron chi connectivity index (χ3n) is 0.709. The summed E-state index contributed by atoms with van der Waals surface area (Å²) in [5.74, 6) is 0. The third kappa shape index (κ3) is 7.43. The quantitative estimate of drug-likeness (QED) is 0.316. The lowest BCUT2D eigenvalue weighted by atomic mass is 10.8. The summed E-state index contributed by atoms with van der Waals surface area (Å²) < 4.78 is 5.01. The fourth-order valence-electron chi connectivity index (χ4n) is 0.367. The van der Waals surface area contributed by atoms with E-state index < -0.39 is 0 Å². The van der Waals surface area contributed by atoms with E-state index in [1.807, 2.05) is 21.0 Å². The molecule has 0 N–H and O–H groups in total. The zero-order valence-electron chi connectivity index (χ0n) is 6.29. The number of hydrogen-bond acceptors (Lipinski definition) is 3. The molecular weight excluding hydrogens is 116 g/mol. The van der Waals surface area contributed by atoms with Gasteiger partial charge in [0.25, 0.3) is 0 Å². The van der Waals surface area contributed by atoms with Crippen molar-refractivity contribution in [2.24, 2.45) is 5.10 Å². The summed E-state index contributed by atoms with van der Waals surface area (Å²) in [5, 5.41) is 5.68. The SMILES string of the molecule is CCOCC=NN(C)C. The minimum Gasteiger partial charge on any atom is -0.376 e. The lowest BCUT2D eigenvalue weighted by molar-refractivity contribution is 0.189. The Hall–Kier alpha value is -0.570. The molecule has 3 nitrogen and oxygen atoms in total. The van der Waals surface area contributed by atoms with Crippen LogP contribution in [0.3, 0.4) is 0 Å². The Morgan fingerprint density at radius 1 is 1.56 bits per heavy atom. The van der Waals surface area contributed by atoms with Crippen LogP contribution in [0.1, 0.15) is 6.92 Å². The summed E-state index contributed by atoms with van der Waals surface area (Å²) in [6.07, 6.45) is 1.74. The first kappa shape index (κ1) is 8.43. The molecule has 54 valence electrons. The van der Waals surface area contributed by atoms with E-state index in [1.54, 1.807) is 11.2 Å². The highest BCUT2D eigenvalue weighted by Gasteiger charge is 1.77. The van der Waals surface area contributed by atoms with Gasteiger partial charge in [0.2, 0.25) is 0 Å². The lowest BCUT2D eigenvalue weighted by Gasteiger charge is -2.01. The Balaban J connectivity index is 3.04. The molecule has 3 heteroatoms. The van der Waals surface area contributed by atoms with Gasteiger partial charge in [-0.25, -0.2) is 0 Å². The molecule has 0 atom stereocenters. The summed E-state index contributed by atoms with van der Waals surface area (Å²) in [7, 11) is 3.75. The molecule has 0 saturated carbocycles. The molecule has 0 aliphatic rings. The smallest absolute Gasteiger partial charge is 0.0836 e. The lowest BCUT2D eigenvalue weighted by Crippen LogP contribution is -2.04. The number of rotatable bonds is 4. The highest BCUT2D eigenvalue weighted by Crippen LogP contribution is 1.73. The van der Waals surface area contributed by atoms with E-state index in [2.05, 4.69) is 5.10 Å². The molecule has 0 radical (unpaired) electrons. The van der Waals surface area contributed by atoms with Gasteiger partial charge < -0.3 is 9.75 Å². The maximum atomic E-state index is 5.01. The molecule has 0 bridgehead atoms. The molecule has 0 saturated heterocycles. The second-order valence-electron chi connectivity index (χ2n) is 1.80. The van der Waals surface area contributed by atoms with Gasteiger partial charge in [-0.1, -0.05) is 0 Å². The maximum absolute atomic E-state index is 5.01. The topological polar surface area (TPSA) is 24.8 Å². The predicted octanol–water partition coefficient (Wildman–Crippen LogP) is 0.570. The van der Waals surface area contributed by atoms with Crippen molar-refractivity contribution in [3.05, 3.63) is 0 Å². The Labute approximate surface area is 56.3 Å². The van der Waals surface area contributed by atoms with Gasteiger partial charge in [0.15, 0.2) is 0 Å². The van der Waals surface area contributed by atoms with Crippen LogP contribution in [0.15, 0.2) is 5.10 Å². The molecule has 0 aromatic carbocycles. The van der Waals surface area contributed by atoms with Crippen molar-refractivity contribution in [1.82, 2.24) is 5.01 Å². The molecule has 0 heterocycles. The zero-order valence-corrected chi connectivity index (χ0v) is 6.29. The first-order chi connectivity index (χ1) is 4.27. The normalized spacial score (nSPS) is 10.6. The van der Waals surface area contributed by atoms with Gasteiger partial charge in [0.1, 0.15) is 0 Å². The van der Waals surface area contributed by atoms with E-state index in [0.717, 1.165) is 6.61 Å². The maximum Gasteiger partial charge on any atom is 0.0836 e. The van der Waals surface area contributed by atoms with Gasteiger partial charge in [0, 0.05) is 20.7 Å². The minimum absolute atomic E-state index is 0.606. The minimum atomic E-state index is 0.606. The number of ether oxygens (including phenoxy) is 1. The van der Waals surface area contributed by atoms with Gasteiger partial charge >= 0.3 is 0 Å². The molecule has 0 aromatic rings. The average molecular weight is 130 g/mol. The van der Waals surface area contributed by atoms with E-state index in [4.69, 9.17) is 4.74 Å². The Morgan fingerprint density at radius 2 is 2.22 bits per heavy atom. The van der Waals surface area contributed by atoms with Crippen molar-refractivity contribution in [1.29, 1.82) is 0 Å². The summed E-state index contributed by atoms with van der Waals surface area (Å²) >= 11 is 0. The molecule has 0 aliphatic heterocycles. The van der Waals surface area contributed by atoms with Crippen LogP contribution >= 0.6 is 0 Å². The van der Waals surface area contributed by atoms with Gasteiger partial charge in [-0.15, -0.1) is 0 Å².